The van der Waals surface area contributed by atoms with Crippen LogP contribution in [0, 0.1) is 0 Å². The van der Waals surface area contributed by atoms with Crippen LogP contribution in [0.5, 0.6) is 0 Å². The van der Waals surface area contributed by atoms with Crippen LogP contribution >= 0.6 is 24.8 Å². The third-order valence-electron chi connectivity index (χ3n) is 1.93. The monoisotopic (exact) mass is 245 g/mol. The molecule has 0 atom stereocenters. The highest BCUT2D eigenvalue weighted by Crippen LogP contribution is 2.08. The van der Waals surface area contributed by atoms with Crippen molar-refractivity contribution in [2.75, 3.05) is 0 Å². The van der Waals surface area contributed by atoms with Gasteiger partial charge in [0.2, 0.25) is 0 Å². The van der Waals surface area contributed by atoms with E-state index < -0.39 is 0 Å². The first-order valence-corrected chi connectivity index (χ1v) is 4.20. The molecule has 0 aliphatic heterocycles. The number of nitrogens with zero attached hydrogens (tertiary/aromatic N) is 2. The molecule has 2 aromatic rings. The van der Waals surface area contributed by atoms with Crippen LogP contribution in [0.2, 0.25) is 0 Å². The predicted molar refractivity (Wildman–Crippen MR) is 66.0 cm³/mol. The molecule has 0 saturated carbocycles. The molecule has 2 N–H and O–H groups in total. The molecule has 5 heteroatoms. The molecule has 0 aliphatic carbocycles. The van der Waals surface area contributed by atoms with Crippen molar-refractivity contribution in [2.24, 2.45) is 5.73 Å². The molecule has 0 amide bonds. The van der Waals surface area contributed by atoms with Crippen molar-refractivity contribution in [3.63, 3.8) is 0 Å². The molecule has 82 valence electrons. The van der Waals surface area contributed by atoms with Crippen molar-refractivity contribution in [1.82, 2.24) is 9.78 Å². The summed E-state index contributed by atoms with van der Waals surface area (Å²) in [4.78, 5) is 0. The lowest BCUT2D eigenvalue weighted by Gasteiger charge is -2.04. The molecule has 0 saturated heterocycles. The van der Waals surface area contributed by atoms with Gasteiger partial charge in [-0.3, -0.25) is 0 Å². The molecule has 0 unspecified atom stereocenters. The van der Waals surface area contributed by atoms with E-state index in [2.05, 4.69) is 5.10 Å². The normalized spacial score (nSPS) is 8.87. The Balaban J connectivity index is 0.000000980. The molecule has 2 rings (SSSR count). The Morgan fingerprint density at radius 2 is 1.73 bits per heavy atom. The van der Waals surface area contributed by atoms with Crippen LogP contribution in [0.25, 0.3) is 5.69 Å². The van der Waals surface area contributed by atoms with Crippen molar-refractivity contribution in [2.45, 2.75) is 6.54 Å². The van der Waals surface area contributed by atoms with Crippen molar-refractivity contribution >= 4 is 24.8 Å². The molecular weight excluding hydrogens is 233 g/mol. The Bertz CT molecular complexity index is 387. The molecule has 15 heavy (non-hydrogen) atoms. The molecule has 1 heterocycles. The highest BCUT2D eigenvalue weighted by Gasteiger charge is 2.00. The van der Waals surface area contributed by atoms with E-state index in [0.29, 0.717) is 6.54 Å². The lowest BCUT2D eigenvalue weighted by atomic mass is 10.3. The smallest absolute Gasteiger partial charge is 0.0649 e. The number of benzene rings is 1. The topological polar surface area (TPSA) is 43.8 Å². The minimum atomic E-state index is 0. The Labute approximate surface area is 101 Å². The number of hydrogen-bond donors (Lipinski definition) is 1. The van der Waals surface area contributed by atoms with E-state index in [1.165, 1.54) is 0 Å². The molecule has 0 spiro atoms. The fraction of sp³-hybridized carbons (Fsp3) is 0.100. The van der Waals surface area contributed by atoms with Crippen LogP contribution in [-0.4, -0.2) is 9.78 Å². The zero-order valence-corrected chi connectivity index (χ0v) is 9.67. The van der Waals surface area contributed by atoms with Gasteiger partial charge >= 0.3 is 0 Å². The summed E-state index contributed by atoms with van der Waals surface area (Å²) in [7, 11) is 0. The van der Waals surface area contributed by atoms with Crippen molar-refractivity contribution in [3.8, 4) is 5.69 Å². The van der Waals surface area contributed by atoms with E-state index in [-0.39, 0.29) is 24.8 Å². The Morgan fingerprint density at radius 1 is 1.07 bits per heavy atom. The number of aromatic nitrogens is 2. The van der Waals surface area contributed by atoms with Crippen LogP contribution in [0.4, 0.5) is 0 Å². The van der Waals surface area contributed by atoms with Crippen LogP contribution in [0.3, 0.4) is 0 Å². The fourth-order valence-corrected chi connectivity index (χ4v) is 1.29. The Morgan fingerprint density at radius 3 is 2.33 bits per heavy atom. The van der Waals surface area contributed by atoms with E-state index >= 15 is 0 Å². The summed E-state index contributed by atoms with van der Waals surface area (Å²) >= 11 is 0. The SMILES string of the molecule is Cl.Cl.NCc1ccnn1-c1ccccc1. The molecule has 1 aromatic heterocycles. The third kappa shape index (κ3) is 2.96. The van der Waals surface area contributed by atoms with Crippen molar-refractivity contribution in [3.05, 3.63) is 48.3 Å². The van der Waals surface area contributed by atoms with E-state index in [1.807, 2.05) is 41.1 Å². The highest BCUT2D eigenvalue weighted by atomic mass is 35.5. The molecule has 0 aliphatic rings. The van der Waals surface area contributed by atoms with Gasteiger partial charge in [0, 0.05) is 12.7 Å². The fourth-order valence-electron chi connectivity index (χ4n) is 1.29. The number of halogens is 2. The summed E-state index contributed by atoms with van der Waals surface area (Å²) in [5.41, 5.74) is 7.64. The minimum Gasteiger partial charge on any atom is -0.325 e. The second kappa shape index (κ2) is 6.45. The predicted octanol–water partition coefficient (Wildman–Crippen LogP) is 2.17. The lowest BCUT2D eigenvalue weighted by molar-refractivity contribution is 0.804. The van der Waals surface area contributed by atoms with Crippen LogP contribution < -0.4 is 5.73 Å². The highest BCUT2D eigenvalue weighted by molar-refractivity contribution is 5.85. The summed E-state index contributed by atoms with van der Waals surface area (Å²) in [5, 5.41) is 4.19. The number of rotatable bonds is 2. The third-order valence-corrected chi connectivity index (χ3v) is 1.93. The molecule has 0 fully saturated rings. The van der Waals surface area contributed by atoms with Crippen LogP contribution in [0.15, 0.2) is 42.6 Å². The van der Waals surface area contributed by atoms with E-state index in [4.69, 9.17) is 5.73 Å². The van der Waals surface area contributed by atoms with Gasteiger partial charge in [-0.1, -0.05) is 18.2 Å². The average Bonchev–Trinajstić information content (AvgIpc) is 2.67. The van der Waals surface area contributed by atoms with Gasteiger partial charge in [-0.2, -0.15) is 5.10 Å². The van der Waals surface area contributed by atoms with Gasteiger partial charge in [-0.25, -0.2) is 4.68 Å². The summed E-state index contributed by atoms with van der Waals surface area (Å²) in [5.74, 6) is 0. The Hall–Kier alpha value is -1.03. The van der Waals surface area contributed by atoms with Gasteiger partial charge in [-0.05, 0) is 18.2 Å². The number of para-hydroxylation sites is 1. The van der Waals surface area contributed by atoms with Gasteiger partial charge in [0.1, 0.15) is 0 Å². The molecule has 1 aromatic carbocycles. The zero-order chi connectivity index (χ0) is 9.10. The standard InChI is InChI=1S/C10H11N3.2ClH/c11-8-10-6-7-12-13(10)9-4-2-1-3-5-9;;/h1-7H,8,11H2;2*1H. The quantitative estimate of drug-likeness (QED) is 0.882. The van der Waals surface area contributed by atoms with Gasteiger partial charge in [0.25, 0.3) is 0 Å². The first-order chi connectivity index (χ1) is 6.42. The summed E-state index contributed by atoms with van der Waals surface area (Å²) in [6, 6.07) is 11.9. The summed E-state index contributed by atoms with van der Waals surface area (Å²) in [6.07, 6.45) is 1.76. The van der Waals surface area contributed by atoms with Crippen LogP contribution in [-0.2, 0) is 6.54 Å². The van der Waals surface area contributed by atoms with E-state index in [1.54, 1.807) is 6.20 Å². The van der Waals surface area contributed by atoms with Gasteiger partial charge < -0.3 is 5.73 Å². The average molecular weight is 246 g/mol. The second-order valence-corrected chi connectivity index (χ2v) is 2.77. The summed E-state index contributed by atoms with van der Waals surface area (Å²) in [6.45, 7) is 0.509. The number of nitrogens with two attached hydrogens (primary N) is 1. The molecule has 0 radical (unpaired) electrons. The number of hydrogen-bond acceptors (Lipinski definition) is 2. The van der Waals surface area contributed by atoms with Crippen molar-refractivity contribution < 1.29 is 0 Å². The largest absolute Gasteiger partial charge is 0.325 e. The second-order valence-electron chi connectivity index (χ2n) is 2.77. The first-order valence-electron chi connectivity index (χ1n) is 4.20. The van der Waals surface area contributed by atoms with E-state index in [9.17, 15) is 0 Å². The molecular formula is C10H13Cl2N3. The Kier molecular flexibility index (Phi) is 6.01. The first kappa shape index (κ1) is 14.0. The van der Waals surface area contributed by atoms with Gasteiger partial charge in [0.15, 0.2) is 0 Å². The van der Waals surface area contributed by atoms with Gasteiger partial charge in [0.05, 0.1) is 11.4 Å². The maximum atomic E-state index is 5.57. The van der Waals surface area contributed by atoms with Crippen molar-refractivity contribution in [1.29, 1.82) is 0 Å². The zero-order valence-electron chi connectivity index (χ0n) is 8.04. The minimum absolute atomic E-state index is 0. The van der Waals surface area contributed by atoms with Gasteiger partial charge in [-0.15, -0.1) is 24.8 Å². The van der Waals surface area contributed by atoms with E-state index in [0.717, 1.165) is 11.4 Å². The molecule has 3 nitrogen and oxygen atoms in total. The lowest BCUT2D eigenvalue weighted by Crippen LogP contribution is -2.06. The van der Waals surface area contributed by atoms with Crippen LogP contribution in [0.1, 0.15) is 5.69 Å². The summed E-state index contributed by atoms with van der Waals surface area (Å²) < 4.78 is 1.85. The maximum absolute atomic E-state index is 5.57. The maximum Gasteiger partial charge on any atom is 0.0649 e. The molecule has 0 bridgehead atoms.